The first-order valence-corrected chi connectivity index (χ1v) is 8.52. The lowest BCUT2D eigenvalue weighted by molar-refractivity contribution is 0.0963. The van der Waals surface area contributed by atoms with Crippen molar-refractivity contribution < 1.29 is 13.7 Å². The maximum Gasteiger partial charge on any atom is 0.251 e. The zero-order valence-electron chi connectivity index (χ0n) is 14.0. The number of nitrogens with zero attached hydrogens (tertiary/aromatic N) is 1. The molecule has 0 saturated heterocycles. The molecule has 1 atom stereocenters. The molecule has 6 nitrogen and oxygen atoms in total. The molecule has 0 aliphatic rings. The molecule has 1 aromatic heterocycles. The van der Waals surface area contributed by atoms with E-state index in [4.69, 9.17) is 4.74 Å². The molecule has 0 fully saturated rings. The van der Waals surface area contributed by atoms with Gasteiger partial charge in [-0.1, -0.05) is 19.2 Å². The number of methoxy groups -OCH3 is 1. The van der Waals surface area contributed by atoms with Gasteiger partial charge in [0.2, 0.25) is 0 Å². The smallest absolute Gasteiger partial charge is 0.251 e. The number of hydrogen-bond acceptors (Lipinski definition) is 4. The molecule has 25 heavy (non-hydrogen) atoms. The van der Waals surface area contributed by atoms with Gasteiger partial charge in [-0.25, -0.2) is 4.21 Å². The van der Waals surface area contributed by atoms with Crippen molar-refractivity contribution in [2.75, 3.05) is 18.9 Å². The van der Waals surface area contributed by atoms with Crippen molar-refractivity contribution in [2.45, 2.75) is 4.90 Å². The van der Waals surface area contributed by atoms with Gasteiger partial charge < -0.3 is 10.1 Å². The number of pyridine rings is 1. The molecule has 1 aromatic carbocycles. The molecule has 2 aromatic rings. The summed E-state index contributed by atoms with van der Waals surface area (Å²) in [4.78, 5) is 16.4. The van der Waals surface area contributed by atoms with Gasteiger partial charge in [0, 0.05) is 18.2 Å². The lowest BCUT2D eigenvalue weighted by atomic mass is 10.2. The van der Waals surface area contributed by atoms with E-state index >= 15 is 0 Å². The summed E-state index contributed by atoms with van der Waals surface area (Å²) in [5.74, 6) is 0.143. The number of anilines is 1. The molecule has 0 spiro atoms. The van der Waals surface area contributed by atoms with Crippen molar-refractivity contribution in [3.63, 3.8) is 0 Å². The number of carbonyl (C=O) groups is 1. The van der Waals surface area contributed by atoms with Crippen molar-refractivity contribution in [1.29, 1.82) is 0 Å². The normalized spacial score (nSPS) is 11.3. The van der Waals surface area contributed by atoms with E-state index in [0.717, 1.165) is 5.56 Å². The highest BCUT2D eigenvalue weighted by Crippen LogP contribution is 2.25. The Morgan fingerprint density at radius 3 is 2.64 bits per heavy atom. The summed E-state index contributed by atoms with van der Waals surface area (Å²) in [5.41, 5.74) is 2.39. The van der Waals surface area contributed by atoms with Crippen LogP contribution in [0.4, 0.5) is 5.69 Å². The molecule has 0 aliphatic carbocycles. The number of hydrogen-bond donors (Lipinski definition) is 2. The van der Waals surface area contributed by atoms with E-state index in [9.17, 15) is 9.00 Å². The molecule has 1 heterocycles. The quantitative estimate of drug-likeness (QED) is 0.798. The van der Waals surface area contributed by atoms with Crippen LogP contribution in [0.5, 0.6) is 5.75 Å². The van der Waals surface area contributed by atoms with E-state index in [1.54, 1.807) is 36.5 Å². The van der Waals surface area contributed by atoms with Crippen molar-refractivity contribution in [1.82, 2.24) is 10.3 Å². The van der Waals surface area contributed by atoms with Crippen LogP contribution < -0.4 is 14.8 Å². The highest BCUT2D eigenvalue weighted by molar-refractivity contribution is 7.86. The second-order valence-corrected chi connectivity index (χ2v) is 6.10. The zero-order valence-corrected chi connectivity index (χ0v) is 14.9. The van der Waals surface area contributed by atoms with Crippen molar-refractivity contribution in [3.8, 4) is 5.75 Å². The van der Waals surface area contributed by atoms with Crippen LogP contribution in [0.1, 0.15) is 21.6 Å². The molecule has 1 unspecified atom stereocenters. The topological polar surface area (TPSA) is 80.3 Å². The minimum Gasteiger partial charge on any atom is -0.495 e. The maximum absolute atomic E-state index is 12.7. The van der Waals surface area contributed by atoms with Gasteiger partial charge >= 0.3 is 0 Å². The Labute approximate surface area is 149 Å². The van der Waals surface area contributed by atoms with Gasteiger partial charge in [0.1, 0.15) is 10.6 Å². The molecular weight excluding hydrogens is 338 g/mol. The lowest BCUT2D eigenvalue weighted by Crippen LogP contribution is -2.18. The van der Waals surface area contributed by atoms with Crippen LogP contribution in [0.25, 0.3) is 12.2 Å². The van der Waals surface area contributed by atoms with Crippen molar-refractivity contribution in [2.24, 2.45) is 0 Å². The Hall–Kier alpha value is -2.93. The lowest BCUT2D eigenvalue weighted by Gasteiger charge is -2.12. The van der Waals surface area contributed by atoms with Gasteiger partial charge in [0.05, 0.1) is 24.7 Å². The third kappa shape index (κ3) is 4.13. The Morgan fingerprint density at radius 2 is 2.04 bits per heavy atom. The van der Waals surface area contributed by atoms with Crippen LogP contribution in [-0.4, -0.2) is 29.3 Å². The van der Waals surface area contributed by atoms with Crippen LogP contribution in [0.15, 0.2) is 48.5 Å². The first-order valence-electron chi connectivity index (χ1n) is 7.37. The first kappa shape index (κ1) is 18.4. The Morgan fingerprint density at radius 1 is 1.28 bits per heavy atom. The van der Waals surface area contributed by atoms with Gasteiger partial charge in [0.15, 0.2) is 11.0 Å². The van der Waals surface area contributed by atoms with E-state index in [1.165, 1.54) is 20.2 Å². The third-order valence-corrected chi connectivity index (χ3v) is 4.57. The largest absolute Gasteiger partial charge is 0.495 e. The van der Waals surface area contributed by atoms with Crippen LogP contribution in [0.3, 0.4) is 0 Å². The van der Waals surface area contributed by atoms with E-state index in [0.29, 0.717) is 27.6 Å². The van der Waals surface area contributed by atoms with Crippen molar-refractivity contribution >= 4 is 34.7 Å². The highest BCUT2D eigenvalue weighted by atomic mass is 32.2. The maximum atomic E-state index is 12.7. The number of ether oxygens (including phenoxy) is 1. The number of rotatable bonds is 7. The fourth-order valence-corrected chi connectivity index (χ4v) is 3.16. The monoisotopic (exact) mass is 357 g/mol. The molecule has 0 aliphatic heterocycles. The molecular formula is C18H19N3O3S. The second kappa shape index (κ2) is 8.25. The number of aromatic nitrogens is 1. The predicted octanol–water partition coefficient (Wildman–Crippen LogP) is 2.87. The molecule has 130 valence electrons. The summed E-state index contributed by atoms with van der Waals surface area (Å²) in [7, 11) is 1.36. The van der Waals surface area contributed by atoms with Gasteiger partial charge in [-0.2, -0.15) is 0 Å². The molecule has 0 saturated carbocycles. The standard InChI is InChI=1S/C18H19N3O3S/c1-5-12-9-14(11-20-15(12)6-2)21-25(23)17-10-13(18(22)19-3)7-8-16(17)24-4/h5-11,21H,1-2H2,3-4H3,(H,19,22). The molecule has 1 amide bonds. The third-order valence-electron chi connectivity index (χ3n) is 3.43. The minimum absolute atomic E-state index is 0.271. The number of amides is 1. The van der Waals surface area contributed by atoms with Gasteiger partial charge in [-0.15, -0.1) is 0 Å². The predicted molar refractivity (Wildman–Crippen MR) is 101 cm³/mol. The number of carbonyl (C=O) groups excluding carboxylic acids is 1. The Bertz CT molecular complexity index is 849. The van der Waals surface area contributed by atoms with Crippen LogP contribution in [0.2, 0.25) is 0 Å². The molecule has 0 bridgehead atoms. The summed E-state index contributed by atoms with van der Waals surface area (Å²) in [6.07, 6.45) is 4.81. The van der Waals surface area contributed by atoms with E-state index < -0.39 is 11.0 Å². The molecule has 7 heteroatoms. The first-order chi connectivity index (χ1) is 12.0. The average Bonchev–Trinajstić information content (AvgIpc) is 2.66. The summed E-state index contributed by atoms with van der Waals surface area (Å²) in [5, 5.41) is 2.53. The summed E-state index contributed by atoms with van der Waals surface area (Å²) < 4.78 is 20.8. The van der Waals surface area contributed by atoms with Crippen LogP contribution >= 0.6 is 0 Å². The van der Waals surface area contributed by atoms with E-state index in [1.807, 2.05) is 0 Å². The Balaban J connectivity index is 2.35. The fourth-order valence-electron chi connectivity index (χ4n) is 2.15. The van der Waals surface area contributed by atoms with Crippen LogP contribution in [0, 0.1) is 0 Å². The van der Waals surface area contributed by atoms with E-state index in [2.05, 4.69) is 28.2 Å². The number of benzene rings is 1. The van der Waals surface area contributed by atoms with Crippen molar-refractivity contribution in [3.05, 3.63) is 60.4 Å². The SMILES string of the molecule is C=Cc1cc(NS(=O)c2cc(C(=O)NC)ccc2OC)cnc1C=C. The molecule has 2 rings (SSSR count). The van der Waals surface area contributed by atoms with Gasteiger partial charge in [0.25, 0.3) is 5.91 Å². The van der Waals surface area contributed by atoms with Gasteiger partial charge in [-0.05, 0) is 30.3 Å². The average molecular weight is 357 g/mol. The Kier molecular flexibility index (Phi) is 6.08. The minimum atomic E-state index is -1.65. The zero-order chi connectivity index (χ0) is 18.4. The number of nitrogens with one attached hydrogen (secondary N) is 2. The summed E-state index contributed by atoms with van der Waals surface area (Å²) in [6, 6.07) is 6.51. The van der Waals surface area contributed by atoms with E-state index in [-0.39, 0.29) is 5.91 Å². The van der Waals surface area contributed by atoms with Gasteiger partial charge in [-0.3, -0.25) is 14.5 Å². The molecule has 0 radical (unpaired) electrons. The van der Waals surface area contributed by atoms with Crippen LogP contribution in [-0.2, 0) is 11.0 Å². The summed E-state index contributed by atoms with van der Waals surface area (Å²) >= 11 is 0. The molecule has 2 N–H and O–H groups in total. The summed E-state index contributed by atoms with van der Waals surface area (Å²) in [6.45, 7) is 7.42. The second-order valence-electron chi connectivity index (χ2n) is 4.92. The fraction of sp³-hybridized carbons (Fsp3) is 0.111. The highest BCUT2D eigenvalue weighted by Gasteiger charge is 2.15.